The van der Waals surface area contributed by atoms with Crippen LogP contribution < -0.4 is 16.4 Å². The molecule has 0 heterocycles. The van der Waals surface area contributed by atoms with Gasteiger partial charge in [-0.2, -0.15) is 0 Å². The first kappa shape index (κ1) is 29.5. The normalized spacial score (nSPS) is 12.4. The lowest BCUT2D eigenvalue weighted by Gasteiger charge is -2.19. The van der Waals surface area contributed by atoms with Crippen molar-refractivity contribution < 1.29 is 33.3 Å². The lowest BCUT2D eigenvalue weighted by atomic mass is 10.1. The molecule has 10 heteroatoms. The van der Waals surface area contributed by atoms with Crippen molar-refractivity contribution in [2.75, 3.05) is 65.9 Å². The molecule has 184 valence electrons. The third-order valence-electron chi connectivity index (χ3n) is 3.81. The van der Waals surface area contributed by atoms with E-state index in [0.29, 0.717) is 72.4 Å². The minimum Gasteiger partial charge on any atom is -0.444 e. The number of carbonyl (C=O) groups is 2. The fourth-order valence-corrected chi connectivity index (χ4v) is 2.31. The summed E-state index contributed by atoms with van der Waals surface area (Å²) in [7, 11) is 0. The molecular formula is C21H43N3O7. The summed E-state index contributed by atoms with van der Waals surface area (Å²) in [4.78, 5) is 23.5. The van der Waals surface area contributed by atoms with Gasteiger partial charge in [-0.25, -0.2) is 4.79 Å². The van der Waals surface area contributed by atoms with Gasteiger partial charge in [0.15, 0.2) is 0 Å². The van der Waals surface area contributed by atoms with Crippen molar-refractivity contribution in [3.8, 4) is 0 Å². The standard InChI is InChI=1S/C21H43N3O7/c1-5-27-12-13-29-16-17-30-15-14-28-11-10-23-19(25)18(22)8-6-7-9-24-20(26)31-21(2,3)4/h18H,5-17,22H2,1-4H3,(H,23,25)(H,24,26)/t18-/m0/s1. The Kier molecular flexibility index (Phi) is 18.3. The van der Waals surface area contributed by atoms with E-state index in [-0.39, 0.29) is 5.91 Å². The third kappa shape index (κ3) is 21.6. The van der Waals surface area contributed by atoms with Gasteiger partial charge >= 0.3 is 6.09 Å². The predicted molar refractivity (Wildman–Crippen MR) is 118 cm³/mol. The fourth-order valence-electron chi connectivity index (χ4n) is 2.31. The number of amides is 2. The number of hydrogen-bond donors (Lipinski definition) is 3. The summed E-state index contributed by atoms with van der Waals surface area (Å²) in [5.41, 5.74) is 5.37. The van der Waals surface area contributed by atoms with Gasteiger partial charge < -0.3 is 40.1 Å². The number of carbonyl (C=O) groups excluding carboxylic acids is 2. The molecule has 0 saturated heterocycles. The predicted octanol–water partition coefficient (Wildman–Crippen LogP) is 1.21. The van der Waals surface area contributed by atoms with E-state index < -0.39 is 17.7 Å². The lowest BCUT2D eigenvalue weighted by Crippen LogP contribution is -2.42. The maximum absolute atomic E-state index is 11.9. The number of nitrogens with two attached hydrogens (primary N) is 1. The lowest BCUT2D eigenvalue weighted by molar-refractivity contribution is -0.122. The summed E-state index contributed by atoms with van der Waals surface area (Å²) in [6.45, 7) is 12.5. The molecule has 0 fully saturated rings. The maximum Gasteiger partial charge on any atom is 0.407 e. The molecule has 2 amide bonds. The summed E-state index contributed by atoms with van der Waals surface area (Å²) in [5, 5.41) is 5.43. The number of hydrogen-bond acceptors (Lipinski definition) is 8. The van der Waals surface area contributed by atoms with Gasteiger partial charge in [0.2, 0.25) is 5.91 Å². The van der Waals surface area contributed by atoms with Crippen LogP contribution in [0.15, 0.2) is 0 Å². The molecule has 0 bridgehead atoms. The highest BCUT2D eigenvalue weighted by Gasteiger charge is 2.16. The molecule has 0 aliphatic heterocycles. The number of rotatable bonds is 19. The van der Waals surface area contributed by atoms with E-state index in [0.717, 1.165) is 12.8 Å². The molecule has 0 aliphatic rings. The smallest absolute Gasteiger partial charge is 0.407 e. The van der Waals surface area contributed by atoms with Gasteiger partial charge in [-0.3, -0.25) is 4.79 Å². The van der Waals surface area contributed by atoms with Crippen LogP contribution in [0.4, 0.5) is 4.79 Å². The van der Waals surface area contributed by atoms with Crippen molar-refractivity contribution in [2.24, 2.45) is 5.73 Å². The Labute approximate surface area is 186 Å². The molecule has 10 nitrogen and oxygen atoms in total. The number of ether oxygens (including phenoxy) is 5. The van der Waals surface area contributed by atoms with Crippen molar-refractivity contribution in [2.45, 2.75) is 58.6 Å². The highest BCUT2D eigenvalue weighted by molar-refractivity contribution is 5.81. The molecule has 31 heavy (non-hydrogen) atoms. The van der Waals surface area contributed by atoms with Crippen LogP contribution in [-0.4, -0.2) is 89.6 Å². The molecular weight excluding hydrogens is 406 g/mol. The van der Waals surface area contributed by atoms with Gasteiger partial charge in [0.05, 0.1) is 52.3 Å². The molecule has 0 aromatic rings. The van der Waals surface area contributed by atoms with E-state index in [2.05, 4.69) is 10.6 Å². The van der Waals surface area contributed by atoms with Gasteiger partial charge in [0.25, 0.3) is 0 Å². The fraction of sp³-hybridized carbons (Fsp3) is 0.905. The Bertz CT molecular complexity index is 459. The minimum atomic E-state index is -0.576. The van der Waals surface area contributed by atoms with Gasteiger partial charge in [-0.1, -0.05) is 0 Å². The van der Waals surface area contributed by atoms with Crippen LogP contribution in [0.1, 0.15) is 47.0 Å². The van der Waals surface area contributed by atoms with Gasteiger partial charge in [-0.15, -0.1) is 0 Å². The zero-order chi connectivity index (χ0) is 23.4. The quantitative estimate of drug-likeness (QED) is 0.251. The van der Waals surface area contributed by atoms with Crippen molar-refractivity contribution in [3.63, 3.8) is 0 Å². The van der Waals surface area contributed by atoms with Crippen LogP contribution in [-0.2, 0) is 28.5 Å². The van der Waals surface area contributed by atoms with Gasteiger partial charge in [0.1, 0.15) is 5.60 Å². The first-order valence-corrected chi connectivity index (χ1v) is 11.1. The topological polar surface area (TPSA) is 130 Å². The van der Waals surface area contributed by atoms with E-state index in [1.165, 1.54) is 0 Å². The Morgan fingerprint density at radius 3 is 1.90 bits per heavy atom. The summed E-state index contributed by atoms with van der Waals surface area (Å²) in [5.74, 6) is -0.204. The molecule has 0 saturated carbocycles. The number of alkyl carbamates (subject to hydrolysis) is 1. The van der Waals surface area contributed by atoms with Crippen molar-refractivity contribution >= 4 is 12.0 Å². The molecule has 0 rings (SSSR count). The maximum atomic E-state index is 11.9. The van der Waals surface area contributed by atoms with Crippen LogP contribution >= 0.6 is 0 Å². The van der Waals surface area contributed by atoms with Crippen molar-refractivity contribution in [3.05, 3.63) is 0 Å². The third-order valence-corrected chi connectivity index (χ3v) is 3.81. The highest BCUT2D eigenvalue weighted by atomic mass is 16.6. The van der Waals surface area contributed by atoms with Crippen LogP contribution in [0.3, 0.4) is 0 Å². The zero-order valence-electron chi connectivity index (χ0n) is 19.7. The summed E-state index contributed by atoms with van der Waals surface area (Å²) in [6, 6.07) is -0.576. The van der Waals surface area contributed by atoms with E-state index in [9.17, 15) is 9.59 Å². The van der Waals surface area contributed by atoms with Crippen molar-refractivity contribution in [1.29, 1.82) is 0 Å². The molecule has 0 aromatic carbocycles. The minimum absolute atomic E-state index is 0.204. The van der Waals surface area contributed by atoms with E-state index in [1.807, 2.05) is 27.7 Å². The van der Waals surface area contributed by atoms with Gasteiger partial charge in [-0.05, 0) is 47.0 Å². The Balaban J connectivity index is 3.45. The first-order chi connectivity index (χ1) is 14.8. The van der Waals surface area contributed by atoms with E-state index in [1.54, 1.807) is 0 Å². The highest BCUT2D eigenvalue weighted by Crippen LogP contribution is 2.06. The Morgan fingerprint density at radius 1 is 0.806 bits per heavy atom. The first-order valence-electron chi connectivity index (χ1n) is 11.1. The van der Waals surface area contributed by atoms with E-state index in [4.69, 9.17) is 29.4 Å². The average molecular weight is 450 g/mol. The molecule has 0 unspecified atom stereocenters. The van der Waals surface area contributed by atoms with Crippen LogP contribution in [0.2, 0.25) is 0 Å². The number of nitrogens with one attached hydrogen (secondary N) is 2. The van der Waals surface area contributed by atoms with Crippen LogP contribution in [0.5, 0.6) is 0 Å². The average Bonchev–Trinajstić information content (AvgIpc) is 2.69. The SMILES string of the molecule is CCOCCOCCOCCOCCNC(=O)[C@@H](N)CCCCNC(=O)OC(C)(C)C. The summed E-state index contributed by atoms with van der Waals surface area (Å²) in [6.07, 6.45) is 1.56. The molecule has 0 aromatic heterocycles. The molecule has 0 spiro atoms. The molecule has 0 aliphatic carbocycles. The second-order valence-corrected chi connectivity index (χ2v) is 7.86. The van der Waals surface area contributed by atoms with Crippen LogP contribution in [0.25, 0.3) is 0 Å². The largest absolute Gasteiger partial charge is 0.444 e. The summed E-state index contributed by atoms with van der Waals surface area (Å²) >= 11 is 0. The Morgan fingerprint density at radius 2 is 1.35 bits per heavy atom. The molecule has 0 radical (unpaired) electrons. The second-order valence-electron chi connectivity index (χ2n) is 7.86. The molecule has 1 atom stereocenters. The molecule has 4 N–H and O–H groups in total. The van der Waals surface area contributed by atoms with Crippen LogP contribution in [0, 0.1) is 0 Å². The second kappa shape index (κ2) is 19.2. The summed E-state index contributed by atoms with van der Waals surface area (Å²) < 4.78 is 26.4. The Hall–Kier alpha value is -1.46. The zero-order valence-corrected chi connectivity index (χ0v) is 19.7. The van der Waals surface area contributed by atoms with Gasteiger partial charge in [0, 0.05) is 19.7 Å². The van der Waals surface area contributed by atoms with E-state index >= 15 is 0 Å². The van der Waals surface area contributed by atoms with Crippen molar-refractivity contribution in [1.82, 2.24) is 10.6 Å². The number of unbranched alkanes of at least 4 members (excludes halogenated alkanes) is 1. The monoisotopic (exact) mass is 449 g/mol.